The highest BCUT2D eigenvalue weighted by Gasteiger charge is 2.36. The van der Waals surface area contributed by atoms with Crippen LogP contribution in [0.25, 0.3) is 21.0 Å². The van der Waals surface area contributed by atoms with Crippen LogP contribution in [0, 0.1) is 6.92 Å². The van der Waals surface area contributed by atoms with Crippen LogP contribution < -0.4 is 11.2 Å². The molecule has 0 aliphatic rings. The number of rotatable bonds is 13. The number of aromatic nitrogens is 3. The summed E-state index contributed by atoms with van der Waals surface area (Å²) in [6, 6.07) is 9.49. The van der Waals surface area contributed by atoms with E-state index >= 15 is 0 Å². The molecule has 0 unspecified atom stereocenters. The molecule has 0 fully saturated rings. The lowest BCUT2D eigenvalue weighted by atomic mass is 10.0. The Morgan fingerprint density at radius 3 is 2.52 bits per heavy atom. The zero-order valence-corrected chi connectivity index (χ0v) is 23.9. The van der Waals surface area contributed by atoms with Crippen molar-refractivity contribution in [1.82, 2.24) is 14.1 Å². The summed E-state index contributed by atoms with van der Waals surface area (Å²) in [5.41, 5.74) is -1.84. The molecule has 0 aliphatic heterocycles. The highest BCUT2D eigenvalue weighted by molar-refractivity contribution is 7.22. The molecule has 10 nitrogen and oxygen atoms in total. The first-order valence-corrected chi connectivity index (χ1v) is 14.2. The Morgan fingerprint density at radius 1 is 1.20 bits per heavy atom. The second kappa shape index (κ2) is 12.3. The highest BCUT2D eigenvalue weighted by Crippen LogP contribution is 2.36. The second-order valence-electron chi connectivity index (χ2n) is 10.3. The maximum atomic E-state index is 14.1. The Kier molecular flexibility index (Phi) is 9.07. The predicted molar refractivity (Wildman–Crippen MR) is 153 cm³/mol. The molecular formula is C29H35N3O7S. The average Bonchev–Trinajstić information content (AvgIpc) is 3.57. The van der Waals surface area contributed by atoms with Crippen molar-refractivity contribution in [3.05, 3.63) is 74.8 Å². The number of aliphatic hydroxyl groups excluding tert-OH is 1. The van der Waals surface area contributed by atoms with Crippen molar-refractivity contribution in [2.45, 2.75) is 77.7 Å². The first-order valence-electron chi connectivity index (χ1n) is 13.4. The molecule has 214 valence electrons. The zero-order valence-electron chi connectivity index (χ0n) is 23.1. The van der Waals surface area contributed by atoms with Crippen molar-refractivity contribution in [2.24, 2.45) is 0 Å². The number of aliphatic carboxylic acids is 1. The van der Waals surface area contributed by atoms with Gasteiger partial charge in [-0.1, -0.05) is 43.7 Å². The molecule has 0 spiro atoms. The van der Waals surface area contributed by atoms with Gasteiger partial charge in [-0.15, -0.1) is 11.3 Å². The molecule has 2 atom stereocenters. The van der Waals surface area contributed by atoms with Crippen LogP contribution in [0.5, 0.6) is 0 Å². The van der Waals surface area contributed by atoms with E-state index in [0.717, 1.165) is 23.0 Å². The van der Waals surface area contributed by atoms with Gasteiger partial charge < -0.3 is 19.4 Å². The van der Waals surface area contributed by atoms with Gasteiger partial charge in [0.25, 0.3) is 5.56 Å². The molecule has 0 aliphatic carbocycles. The molecule has 0 radical (unpaired) electrons. The molecule has 1 aromatic carbocycles. The van der Waals surface area contributed by atoms with Crippen LogP contribution in [-0.4, -0.2) is 43.0 Å². The number of oxazole rings is 1. The lowest BCUT2D eigenvalue weighted by Crippen LogP contribution is -2.52. The lowest BCUT2D eigenvalue weighted by molar-refractivity contribution is -0.146. The van der Waals surface area contributed by atoms with Gasteiger partial charge in [0.15, 0.2) is 0 Å². The number of thiophene rings is 1. The maximum absolute atomic E-state index is 14.1. The van der Waals surface area contributed by atoms with E-state index in [2.05, 4.69) is 11.9 Å². The minimum Gasteiger partial charge on any atom is -0.480 e. The summed E-state index contributed by atoms with van der Waals surface area (Å²) >= 11 is 1.20. The Hall–Kier alpha value is -3.54. The van der Waals surface area contributed by atoms with Crippen molar-refractivity contribution in [2.75, 3.05) is 6.61 Å². The second-order valence-corrected chi connectivity index (χ2v) is 11.3. The molecule has 0 amide bonds. The zero-order chi connectivity index (χ0) is 29.0. The van der Waals surface area contributed by atoms with Gasteiger partial charge in [0.1, 0.15) is 22.7 Å². The third-order valence-corrected chi connectivity index (χ3v) is 8.40. The molecule has 0 saturated carbocycles. The van der Waals surface area contributed by atoms with E-state index in [1.165, 1.54) is 42.2 Å². The number of benzene rings is 1. The predicted octanol–water partition coefficient (Wildman–Crippen LogP) is 4.71. The van der Waals surface area contributed by atoms with Gasteiger partial charge in [0.2, 0.25) is 5.89 Å². The minimum absolute atomic E-state index is 0.0413. The third kappa shape index (κ3) is 5.67. The number of hydrogen-bond donors (Lipinski definition) is 2. The summed E-state index contributed by atoms with van der Waals surface area (Å²) < 4.78 is 14.4. The van der Waals surface area contributed by atoms with Gasteiger partial charge >= 0.3 is 11.7 Å². The summed E-state index contributed by atoms with van der Waals surface area (Å²) in [6.45, 7) is 6.56. The van der Waals surface area contributed by atoms with Crippen molar-refractivity contribution in [1.29, 1.82) is 0 Å². The van der Waals surface area contributed by atoms with Crippen LogP contribution in [0.4, 0.5) is 0 Å². The van der Waals surface area contributed by atoms with E-state index in [0.29, 0.717) is 34.0 Å². The monoisotopic (exact) mass is 569 g/mol. The fourth-order valence-corrected chi connectivity index (χ4v) is 6.09. The molecule has 4 rings (SSSR count). The normalized spacial score (nSPS) is 13.5. The summed E-state index contributed by atoms with van der Waals surface area (Å²) in [4.78, 5) is 45.3. The number of ether oxygens (including phenoxy) is 1. The lowest BCUT2D eigenvalue weighted by Gasteiger charge is -2.28. The third-order valence-electron chi connectivity index (χ3n) is 7.09. The summed E-state index contributed by atoms with van der Waals surface area (Å²) in [7, 11) is 0. The van der Waals surface area contributed by atoms with Crippen LogP contribution in [0.15, 0.2) is 56.8 Å². The number of aryl methyl sites for hydroxylation is 1. The quantitative estimate of drug-likeness (QED) is 0.236. The average molecular weight is 570 g/mol. The first kappa shape index (κ1) is 29.4. The van der Waals surface area contributed by atoms with E-state index in [9.17, 15) is 24.6 Å². The smallest absolute Gasteiger partial charge is 0.333 e. The first-order chi connectivity index (χ1) is 19.1. The van der Waals surface area contributed by atoms with E-state index in [4.69, 9.17) is 9.15 Å². The summed E-state index contributed by atoms with van der Waals surface area (Å²) in [5.74, 6) is -0.995. The molecule has 0 saturated heterocycles. The molecule has 11 heteroatoms. The van der Waals surface area contributed by atoms with Gasteiger partial charge in [0, 0.05) is 6.61 Å². The maximum Gasteiger partial charge on any atom is 0.333 e. The Bertz CT molecular complexity index is 1570. The van der Waals surface area contributed by atoms with Gasteiger partial charge in [-0.05, 0) is 51.2 Å². The van der Waals surface area contributed by atoms with E-state index in [1.807, 2.05) is 30.3 Å². The highest BCUT2D eigenvalue weighted by atomic mass is 32.1. The number of carboxylic acid groups (broad SMARTS) is 1. The molecule has 0 bridgehead atoms. The number of nitrogens with zero attached hydrogens (tertiary/aromatic N) is 3. The van der Waals surface area contributed by atoms with Gasteiger partial charge in [-0.3, -0.25) is 9.36 Å². The van der Waals surface area contributed by atoms with Crippen LogP contribution in [0.3, 0.4) is 0 Å². The SMILES string of the molecule is CCC[C@@H](CCCO)O[C@@H](Cn1c(=O)n(C(C)(C)C(=O)O)c(=O)c2c(C)c(-c3ncco3)sc21)c1ccccc1. The number of hydrogen-bond acceptors (Lipinski definition) is 8. The van der Waals surface area contributed by atoms with Crippen molar-refractivity contribution in [3.63, 3.8) is 0 Å². The molecule has 40 heavy (non-hydrogen) atoms. The molecule has 2 N–H and O–H groups in total. The van der Waals surface area contributed by atoms with Gasteiger partial charge in [0.05, 0.1) is 29.1 Å². The molecule has 3 aromatic heterocycles. The molecule has 3 heterocycles. The fourth-order valence-electron chi connectivity index (χ4n) is 4.85. The molecule has 4 aromatic rings. The fraction of sp³-hybridized carbons (Fsp3) is 0.448. The van der Waals surface area contributed by atoms with Crippen LogP contribution in [0.1, 0.15) is 63.7 Å². The number of carbonyl (C=O) groups is 1. The number of aliphatic hydroxyl groups is 1. The van der Waals surface area contributed by atoms with Crippen LogP contribution >= 0.6 is 11.3 Å². The van der Waals surface area contributed by atoms with Crippen LogP contribution in [-0.2, 0) is 21.6 Å². The Labute approximate surface area is 235 Å². The summed E-state index contributed by atoms with van der Waals surface area (Å²) in [5, 5.41) is 19.6. The summed E-state index contributed by atoms with van der Waals surface area (Å²) in [6.07, 6.45) is 5.06. The van der Waals surface area contributed by atoms with Crippen LogP contribution in [0.2, 0.25) is 0 Å². The van der Waals surface area contributed by atoms with E-state index in [1.54, 1.807) is 6.92 Å². The van der Waals surface area contributed by atoms with Crippen molar-refractivity contribution >= 4 is 27.5 Å². The van der Waals surface area contributed by atoms with Gasteiger partial charge in [-0.25, -0.2) is 19.1 Å². The van der Waals surface area contributed by atoms with Crippen molar-refractivity contribution < 1.29 is 24.2 Å². The largest absolute Gasteiger partial charge is 0.480 e. The Morgan fingerprint density at radius 2 is 1.93 bits per heavy atom. The minimum atomic E-state index is -1.81. The number of carboxylic acids is 1. The van der Waals surface area contributed by atoms with Gasteiger partial charge in [-0.2, -0.15) is 0 Å². The van der Waals surface area contributed by atoms with Crippen molar-refractivity contribution in [3.8, 4) is 10.8 Å². The topological polar surface area (TPSA) is 137 Å². The number of fused-ring (bicyclic) bond motifs is 1. The van der Waals surface area contributed by atoms with E-state index in [-0.39, 0.29) is 24.6 Å². The Balaban J connectivity index is 1.96. The van der Waals surface area contributed by atoms with E-state index < -0.39 is 28.9 Å². The molecular weight excluding hydrogens is 534 g/mol. The standard InChI is InChI=1S/C29H35N3O7S/c1-5-10-20(13-9-15-33)39-21(19-11-7-6-8-12-19)17-31-26-22(18(2)23(40-26)24-30-14-16-38-24)25(34)32(28(31)37)29(3,4)27(35)36/h6-8,11-12,14,16,20-21,33H,5,9-10,13,15,17H2,1-4H3,(H,35,36)/t20-,21-/m0/s1.